The van der Waals surface area contributed by atoms with Gasteiger partial charge in [0.05, 0.1) is 5.69 Å². The van der Waals surface area contributed by atoms with Gasteiger partial charge in [0.1, 0.15) is 11.2 Å². The van der Waals surface area contributed by atoms with Gasteiger partial charge in [0.25, 0.3) is 0 Å². The van der Waals surface area contributed by atoms with Gasteiger partial charge < -0.3 is 9.32 Å². The van der Waals surface area contributed by atoms with Crippen LogP contribution in [0.2, 0.25) is 0 Å². The first-order valence-electron chi connectivity index (χ1n) is 18.4. The zero-order valence-corrected chi connectivity index (χ0v) is 29.6. The molecule has 0 fully saturated rings. The zero-order chi connectivity index (χ0) is 35.8. The molecular formula is C52H35NO. The molecule has 2 nitrogen and oxygen atoms in total. The monoisotopic (exact) mass is 689 g/mol. The lowest BCUT2D eigenvalue weighted by atomic mass is 9.87. The van der Waals surface area contributed by atoms with Gasteiger partial charge in [0, 0.05) is 33.8 Å². The molecule has 9 aromatic carbocycles. The number of anilines is 3. The molecule has 0 aliphatic rings. The third-order valence-corrected chi connectivity index (χ3v) is 10.5. The molecule has 0 saturated heterocycles. The Morgan fingerprint density at radius 3 is 1.70 bits per heavy atom. The van der Waals surface area contributed by atoms with Crippen LogP contribution in [0.3, 0.4) is 0 Å². The molecule has 10 aromatic rings. The van der Waals surface area contributed by atoms with E-state index in [2.05, 4.69) is 205 Å². The van der Waals surface area contributed by atoms with E-state index in [1.165, 1.54) is 27.5 Å². The van der Waals surface area contributed by atoms with Crippen LogP contribution >= 0.6 is 0 Å². The Balaban J connectivity index is 1.27. The number of rotatable bonds is 7. The third-order valence-electron chi connectivity index (χ3n) is 10.5. The SMILES string of the molecule is c1ccc(-c2ccccc2-c2c(-c3ccccc3)cccc2N(c2cccc(-c3cccc4ccccc34)c2)c2ccc3c(c2)oc2ccccc23)cc1. The Morgan fingerprint density at radius 2 is 0.870 bits per heavy atom. The van der Waals surface area contributed by atoms with Gasteiger partial charge in [0.2, 0.25) is 0 Å². The Labute approximate surface area is 314 Å². The summed E-state index contributed by atoms with van der Waals surface area (Å²) in [7, 11) is 0. The van der Waals surface area contributed by atoms with Gasteiger partial charge in [-0.25, -0.2) is 0 Å². The molecule has 1 aromatic heterocycles. The number of fused-ring (bicyclic) bond motifs is 4. The molecule has 1 heterocycles. The number of hydrogen-bond acceptors (Lipinski definition) is 2. The molecule has 0 N–H and O–H groups in total. The zero-order valence-electron chi connectivity index (χ0n) is 29.6. The summed E-state index contributed by atoms with van der Waals surface area (Å²) in [5, 5.41) is 4.68. The molecule has 0 aliphatic heterocycles. The average molecular weight is 690 g/mol. The first kappa shape index (κ1) is 31.6. The van der Waals surface area contributed by atoms with Crippen LogP contribution < -0.4 is 4.90 Å². The van der Waals surface area contributed by atoms with Crippen LogP contribution in [0.1, 0.15) is 0 Å². The molecule has 0 radical (unpaired) electrons. The minimum absolute atomic E-state index is 0.856. The molecular weight excluding hydrogens is 655 g/mol. The van der Waals surface area contributed by atoms with Crippen LogP contribution in [0.25, 0.3) is 77.2 Å². The molecule has 0 spiro atoms. The minimum Gasteiger partial charge on any atom is -0.456 e. The highest BCUT2D eigenvalue weighted by molar-refractivity contribution is 6.07. The molecule has 54 heavy (non-hydrogen) atoms. The predicted octanol–water partition coefficient (Wildman–Crippen LogP) is 14.9. The Kier molecular flexibility index (Phi) is 7.85. The second-order valence-corrected chi connectivity index (χ2v) is 13.7. The van der Waals surface area contributed by atoms with E-state index in [4.69, 9.17) is 4.42 Å². The minimum atomic E-state index is 0.856. The summed E-state index contributed by atoms with van der Waals surface area (Å²) < 4.78 is 6.51. The van der Waals surface area contributed by atoms with Crippen LogP contribution in [0, 0.1) is 0 Å². The van der Waals surface area contributed by atoms with Crippen molar-refractivity contribution in [2.75, 3.05) is 4.90 Å². The van der Waals surface area contributed by atoms with Crippen molar-refractivity contribution in [3.8, 4) is 44.5 Å². The highest BCUT2D eigenvalue weighted by Crippen LogP contribution is 2.49. The van der Waals surface area contributed by atoms with Gasteiger partial charge in [-0.2, -0.15) is 0 Å². The van der Waals surface area contributed by atoms with Crippen LogP contribution in [0.15, 0.2) is 217 Å². The first-order valence-corrected chi connectivity index (χ1v) is 18.4. The molecule has 0 atom stereocenters. The first-order chi connectivity index (χ1) is 26.8. The summed E-state index contributed by atoms with van der Waals surface area (Å²) in [5.74, 6) is 0. The summed E-state index contributed by atoms with van der Waals surface area (Å²) in [4.78, 5) is 2.41. The topological polar surface area (TPSA) is 16.4 Å². The van der Waals surface area contributed by atoms with Gasteiger partial charge in [-0.1, -0.05) is 170 Å². The van der Waals surface area contributed by atoms with Crippen molar-refractivity contribution in [3.63, 3.8) is 0 Å². The molecule has 0 aliphatic carbocycles. The van der Waals surface area contributed by atoms with Crippen molar-refractivity contribution in [1.29, 1.82) is 0 Å². The summed E-state index contributed by atoms with van der Waals surface area (Å²) >= 11 is 0. The molecule has 0 amide bonds. The summed E-state index contributed by atoms with van der Waals surface area (Å²) in [6.45, 7) is 0. The predicted molar refractivity (Wildman–Crippen MR) is 228 cm³/mol. The second-order valence-electron chi connectivity index (χ2n) is 13.7. The standard InChI is InChI=1S/C52H35NO/c1-3-16-36(17-4-1)43-25-9-10-27-48(43)52-45(38-18-5-2-6-19-38)29-15-30-49(52)53(41-32-33-47-46-26-11-12-31-50(46)54-51(47)35-41)40-23-13-22-39(34-40)44-28-14-21-37-20-7-8-24-42(37)44/h1-35H. The summed E-state index contributed by atoms with van der Waals surface area (Å²) in [6.07, 6.45) is 0. The maximum Gasteiger partial charge on any atom is 0.137 e. The van der Waals surface area contributed by atoms with E-state index in [9.17, 15) is 0 Å². The summed E-state index contributed by atoms with van der Waals surface area (Å²) in [5.41, 5.74) is 14.2. The fraction of sp³-hybridized carbons (Fsp3) is 0. The lowest BCUT2D eigenvalue weighted by Crippen LogP contribution is -2.12. The van der Waals surface area contributed by atoms with Crippen molar-refractivity contribution in [2.24, 2.45) is 0 Å². The second kappa shape index (κ2) is 13.4. The number of benzene rings is 9. The van der Waals surface area contributed by atoms with Crippen molar-refractivity contribution < 1.29 is 4.42 Å². The van der Waals surface area contributed by atoms with Crippen LogP contribution in [0.5, 0.6) is 0 Å². The fourth-order valence-electron chi connectivity index (χ4n) is 8.01. The molecule has 0 saturated carbocycles. The van der Waals surface area contributed by atoms with E-state index < -0.39 is 0 Å². The van der Waals surface area contributed by atoms with Crippen molar-refractivity contribution in [3.05, 3.63) is 212 Å². The Hall–Kier alpha value is -7.16. The van der Waals surface area contributed by atoms with Gasteiger partial charge >= 0.3 is 0 Å². The van der Waals surface area contributed by atoms with E-state index in [-0.39, 0.29) is 0 Å². The lowest BCUT2D eigenvalue weighted by Gasteiger charge is -2.30. The number of para-hydroxylation sites is 1. The average Bonchev–Trinajstić information content (AvgIpc) is 3.62. The van der Waals surface area contributed by atoms with Crippen LogP contribution in [-0.2, 0) is 0 Å². The highest BCUT2D eigenvalue weighted by Gasteiger charge is 2.24. The quantitative estimate of drug-likeness (QED) is 0.166. The van der Waals surface area contributed by atoms with E-state index in [0.717, 1.165) is 66.8 Å². The van der Waals surface area contributed by atoms with Gasteiger partial charge in [-0.15, -0.1) is 0 Å². The van der Waals surface area contributed by atoms with Gasteiger partial charge in [-0.05, 0) is 86.1 Å². The molecule has 10 rings (SSSR count). The maximum atomic E-state index is 6.51. The molecule has 2 heteroatoms. The number of furan rings is 1. The van der Waals surface area contributed by atoms with E-state index in [1.807, 2.05) is 12.1 Å². The van der Waals surface area contributed by atoms with Crippen molar-refractivity contribution >= 4 is 49.8 Å². The largest absolute Gasteiger partial charge is 0.456 e. The summed E-state index contributed by atoms with van der Waals surface area (Å²) in [6, 6.07) is 76.0. The molecule has 0 bridgehead atoms. The van der Waals surface area contributed by atoms with Gasteiger partial charge in [-0.3, -0.25) is 0 Å². The smallest absolute Gasteiger partial charge is 0.137 e. The lowest BCUT2D eigenvalue weighted by molar-refractivity contribution is 0.669. The highest BCUT2D eigenvalue weighted by atomic mass is 16.3. The molecule has 0 unspecified atom stereocenters. The Morgan fingerprint density at radius 1 is 0.315 bits per heavy atom. The number of nitrogens with zero attached hydrogens (tertiary/aromatic N) is 1. The van der Waals surface area contributed by atoms with E-state index in [0.29, 0.717) is 0 Å². The van der Waals surface area contributed by atoms with Crippen LogP contribution in [0.4, 0.5) is 17.1 Å². The number of hydrogen-bond donors (Lipinski definition) is 0. The Bertz CT molecular complexity index is 2940. The molecule has 254 valence electrons. The normalized spacial score (nSPS) is 11.3. The van der Waals surface area contributed by atoms with Crippen molar-refractivity contribution in [2.45, 2.75) is 0 Å². The van der Waals surface area contributed by atoms with E-state index in [1.54, 1.807) is 0 Å². The van der Waals surface area contributed by atoms with E-state index >= 15 is 0 Å². The van der Waals surface area contributed by atoms with Gasteiger partial charge in [0.15, 0.2) is 0 Å². The third kappa shape index (κ3) is 5.53. The van der Waals surface area contributed by atoms with Crippen molar-refractivity contribution in [1.82, 2.24) is 0 Å². The fourth-order valence-corrected chi connectivity index (χ4v) is 8.01. The maximum absolute atomic E-state index is 6.51. The van der Waals surface area contributed by atoms with Crippen LogP contribution in [-0.4, -0.2) is 0 Å².